The maximum atomic E-state index is 13.1. The largest absolute Gasteiger partial charge is 0.497 e. The Labute approximate surface area is 174 Å². The average Bonchev–Trinajstić information content (AvgIpc) is 3.31. The third kappa shape index (κ3) is 3.32. The van der Waals surface area contributed by atoms with Crippen LogP contribution in [-0.4, -0.2) is 33.6 Å². The molecule has 3 fully saturated rings. The molecule has 0 aromatic heterocycles. The van der Waals surface area contributed by atoms with E-state index in [9.17, 15) is 13.2 Å². The number of hydrogen-bond donors (Lipinski definition) is 1. The maximum Gasteiger partial charge on any atom is 0.212 e. The van der Waals surface area contributed by atoms with Crippen LogP contribution in [0.4, 0.5) is 0 Å². The van der Waals surface area contributed by atoms with E-state index in [4.69, 9.17) is 4.74 Å². The second-order valence-corrected chi connectivity index (χ2v) is 11.8. The number of carbonyl (C=O) groups is 1. The highest BCUT2D eigenvalue weighted by atomic mass is 32.2. The fraction of sp³-hybridized carbons (Fsp3) is 0.696. The van der Waals surface area contributed by atoms with Crippen LogP contribution in [0.5, 0.6) is 5.75 Å². The molecule has 1 aromatic rings. The molecular weight excluding hydrogens is 386 g/mol. The molecule has 6 heteroatoms. The zero-order valence-corrected chi connectivity index (χ0v) is 18.6. The average molecular weight is 420 g/mol. The molecule has 3 saturated carbocycles. The number of Topliss-reactive ketones (excluding diaryl/α,β-unsaturated/α-hetero) is 1. The molecule has 1 N–H and O–H groups in total. The van der Waals surface area contributed by atoms with Crippen molar-refractivity contribution in [2.75, 3.05) is 19.4 Å². The van der Waals surface area contributed by atoms with E-state index >= 15 is 0 Å². The molecule has 5 nitrogen and oxygen atoms in total. The molecule has 2 atom stereocenters. The minimum Gasteiger partial charge on any atom is -0.497 e. The van der Waals surface area contributed by atoms with Gasteiger partial charge in [-0.2, -0.15) is 0 Å². The zero-order valence-electron chi connectivity index (χ0n) is 17.8. The normalized spacial score (nSPS) is 30.0. The third-order valence-electron chi connectivity index (χ3n) is 8.47. The van der Waals surface area contributed by atoms with Crippen molar-refractivity contribution in [3.05, 3.63) is 29.8 Å². The Morgan fingerprint density at radius 1 is 1.10 bits per heavy atom. The fourth-order valence-corrected chi connectivity index (χ4v) is 8.22. The third-order valence-corrected chi connectivity index (χ3v) is 9.93. The number of benzene rings is 1. The molecule has 2 bridgehead atoms. The molecule has 29 heavy (non-hydrogen) atoms. The smallest absolute Gasteiger partial charge is 0.212 e. The zero-order chi connectivity index (χ0) is 20.9. The fourth-order valence-electron chi connectivity index (χ4n) is 6.30. The molecule has 0 spiro atoms. The van der Waals surface area contributed by atoms with E-state index in [1.54, 1.807) is 7.11 Å². The van der Waals surface area contributed by atoms with Gasteiger partial charge in [0.1, 0.15) is 11.5 Å². The molecule has 3 aliphatic carbocycles. The molecular formula is C23H33NO4S. The molecule has 0 amide bonds. The van der Waals surface area contributed by atoms with Gasteiger partial charge in [-0.05, 0) is 54.7 Å². The summed E-state index contributed by atoms with van der Waals surface area (Å²) in [4.78, 5) is 12.8. The van der Waals surface area contributed by atoms with E-state index in [2.05, 4.69) is 30.7 Å². The van der Waals surface area contributed by atoms with Gasteiger partial charge in [-0.25, -0.2) is 13.1 Å². The van der Waals surface area contributed by atoms with Crippen LogP contribution in [-0.2, 0) is 20.2 Å². The van der Waals surface area contributed by atoms with Gasteiger partial charge in [-0.15, -0.1) is 0 Å². The van der Waals surface area contributed by atoms with Gasteiger partial charge in [0.15, 0.2) is 0 Å². The molecule has 0 heterocycles. The van der Waals surface area contributed by atoms with Crippen molar-refractivity contribution >= 4 is 15.8 Å². The van der Waals surface area contributed by atoms with Crippen LogP contribution in [0.25, 0.3) is 0 Å². The Bertz CT molecular complexity index is 884. The van der Waals surface area contributed by atoms with E-state index in [1.165, 1.54) is 0 Å². The lowest BCUT2D eigenvalue weighted by Gasteiger charge is -2.37. The van der Waals surface area contributed by atoms with Crippen LogP contribution in [0.1, 0.15) is 64.4 Å². The Balaban J connectivity index is 1.52. The highest BCUT2D eigenvalue weighted by Gasteiger charge is 2.65. The van der Waals surface area contributed by atoms with Crippen LogP contribution in [0, 0.1) is 16.7 Å². The number of rotatable bonds is 7. The number of ether oxygens (including phenoxy) is 1. The Hall–Kier alpha value is -1.40. The lowest BCUT2D eigenvalue weighted by Crippen LogP contribution is -2.47. The van der Waals surface area contributed by atoms with Gasteiger partial charge in [0.2, 0.25) is 10.0 Å². The van der Waals surface area contributed by atoms with Crippen molar-refractivity contribution in [2.24, 2.45) is 16.7 Å². The predicted molar refractivity (Wildman–Crippen MR) is 113 cm³/mol. The molecule has 0 aliphatic heterocycles. The lowest BCUT2D eigenvalue weighted by molar-refractivity contribution is -0.128. The number of carbonyl (C=O) groups excluding carboxylic acids is 1. The molecule has 0 unspecified atom stereocenters. The molecule has 4 rings (SSSR count). The molecule has 1 aromatic carbocycles. The van der Waals surface area contributed by atoms with Crippen LogP contribution in [0.3, 0.4) is 0 Å². The second-order valence-electron chi connectivity index (χ2n) is 9.96. The Morgan fingerprint density at radius 3 is 2.28 bits per heavy atom. The van der Waals surface area contributed by atoms with Gasteiger partial charge in [-0.1, -0.05) is 38.8 Å². The van der Waals surface area contributed by atoms with Crippen LogP contribution in [0.2, 0.25) is 0 Å². The van der Waals surface area contributed by atoms with E-state index in [-0.39, 0.29) is 22.4 Å². The van der Waals surface area contributed by atoms with Crippen molar-refractivity contribution in [1.82, 2.24) is 4.72 Å². The summed E-state index contributed by atoms with van der Waals surface area (Å²) in [6, 6.07) is 8.01. The van der Waals surface area contributed by atoms with E-state index in [0.717, 1.165) is 43.4 Å². The molecule has 3 aliphatic rings. The minimum atomic E-state index is -3.55. The summed E-state index contributed by atoms with van der Waals surface area (Å²) in [6.45, 7) is 4.57. The number of hydrogen-bond acceptors (Lipinski definition) is 4. The first-order valence-corrected chi connectivity index (χ1v) is 12.4. The molecule has 0 saturated heterocycles. The van der Waals surface area contributed by atoms with Crippen molar-refractivity contribution in [1.29, 1.82) is 0 Å². The summed E-state index contributed by atoms with van der Waals surface area (Å²) in [7, 11) is -1.91. The van der Waals surface area contributed by atoms with Gasteiger partial charge < -0.3 is 4.74 Å². The van der Waals surface area contributed by atoms with Gasteiger partial charge in [0.25, 0.3) is 0 Å². The van der Waals surface area contributed by atoms with Crippen molar-refractivity contribution in [2.45, 2.75) is 64.2 Å². The van der Waals surface area contributed by atoms with Crippen molar-refractivity contribution in [3.63, 3.8) is 0 Å². The predicted octanol–water partition coefficient (Wildman–Crippen LogP) is 3.82. The number of nitrogens with one attached hydrogen (secondary N) is 1. The standard InChI is InChI=1S/C23H33NO4S/c1-21(2)18-10-13-23(21,20(25)14-18)16-29(26,27)24-15-22(11-4-5-12-22)17-6-8-19(28-3)9-7-17/h6-9,18,24H,4-5,10-16H2,1-3H3/t18-,23-/m1/s1. The SMILES string of the molecule is COc1ccc(C2(CNS(=O)(=O)C[C@]34CC[C@H](CC3=O)C4(C)C)CCCC2)cc1. The van der Waals surface area contributed by atoms with E-state index in [1.807, 2.05) is 12.1 Å². The number of methoxy groups -OCH3 is 1. The summed E-state index contributed by atoms with van der Waals surface area (Å²) in [6.07, 6.45) is 6.35. The first kappa shape index (κ1) is 20.9. The highest BCUT2D eigenvalue weighted by molar-refractivity contribution is 7.89. The van der Waals surface area contributed by atoms with Crippen LogP contribution < -0.4 is 9.46 Å². The van der Waals surface area contributed by atoms with Crippen LogP contribution >= 0.6 is 0 Å². The first-order chi connectivity index (χ1) is 13.6. The summed E-state index contributed by atoms with van der Waals surface area (Å²) in [5.74, 6) is 1.21. The monoisotopic (exact) mass is 419 g/mol. The summed E-state index contributed by atoms with van der Waals surface area (Å²) < 4.78 is 34.5. The number of sulfonamides is 1. The molecule has 160 valence electrons. The highest BCUT2D eigenvalue weighted by Crippen LogP contribution is 2.64. The summed E-state index contributed by atoms with van der Waals surface area (Å²) in [5.41, 5.74) is 0.0337. The van der Waals surface area contributed by atoms with Crippen molar-refractivity contribution in [3.8, 4) is 5.75 Å². The van der Waals surface area contributed by atoms with E-state index in [0.29, 0.717) is 25.3 Å². The molecule has 0 radical (unpaired) electrons. The first-order valence-electron chi connectivity index (χ1n) is 10.8. The quantitative estimate of drug-likeness (QED) is 0.729. The Kier molecular flexibility index (Phi) is 5.10. The topological polar surface area (TPSA) is 72.5 Å². The summed E-state index contributed by atoms with van der Waals surface area (Å²) in [5, 5.41) is 0. The second kappa shape index (κ2) is 7.09. The van der Waals surface area contributed by atoms with Gasteiger partial charge in [0.05, 0.1) is 12.9 Å². The van der Waals surface area contributed by atoms with Gasteiger partial charge >= 0.3 is 0 Å². The van der Waals surface area contributed by atoms with Crippen LogP contribution in [0.15, 0.2) is 24.3 Å². The van der Waals surface area contributed by atoms with Gasteiger partial charge in [-0.3, -0.25) is 4.79 Å². The lowest BCUT2D eigenvalue weighted by atomic mass is 9.70. The van der Waals surface area contributed by atoms with Gasteiger partial charge in [0, 0.05) is 23.8 Å². The van der Waals surface area contributed by atoms with Crippen molar-refractivity contribution < 1.29 is 17.9 Å². The van der Waals surface area contributed by atoms with E-state index < -0.39 is 15.4 Å². The summed E-state index contributed by atoms with van der Waals surface area (Å²) >= 11 is 0. The minimum absolute atomic E-state index is 0.0684. The number of ketones is 1. The Morgan fingerprint density at radius 2 is 1.76 bits per heavy atom. The number of fused-ring (bicyclic) bond motifs is 2. The maximum absolute atomic E-state index is 13.1.